The van der Waals surface area contributed by atoms with Crippen LogP contribution >= 0.6 is 0 Å². The molecule has 1 aliphatic rings. The first-order chi connectivity index (χ1) is 10.5. The van der Waals surface area contributed by atoms with E-state index in [9.17, 15) is 9.59 Å². The molecule has 0 saturated heterocycles. The van der Waals surface area contributed by atoms with Crippen molar-refractivity contribution >= 4 is 11.9 Å². The molecule has 1 saturated carbocycles. The van der Waals surface area contributed by atoms with E-state index in [1.54, 1.807) is 13.8 Å². The van der Waals surface area contributed by atoms with Crippen LogP contribution < -0.4 is 0 Å². The number of hydrogen-bond acceptors (Lipinski definition) is 5. The van der Waals surface area contributed by atoms with Crippen molar-refractivity contribution < 1.29 is 19.2 Å². The topological polar surface area (TPSA) is 96.5 Å². The minimum atomic E-state index is -1.01. The lowest BCUT2D eigenvalue weighted by molar-refractivity contribution is -0.145. The number of carboxylic acid groups (broad SMARTS) is 1. The molecule has 0 bridgehead atoms. The Morgan fingerprint density at radius 2 is 2.05 bits per heavy atom. The zero-order valence-corrected chi connectivity index (χ0v) is 13.1. The van der Waals surface area contributed by atoms with E-state index in [0.717, 1.165) is 18.7 Å². The molecule has 1 fully saturated rings. The molecule has 7 nitrogen and oxygen atoms in total. The standard InChI is InChI=1S/C15H23N3O4/c1-10(2)18(9-14(20)21)13(19)8-7-12-16-15(17-22-12)11-5-3-4-6-11/h10-11H,3-9H2,1-2H3,(H,20,21). The number of carbonyl (C=O) groups excluding carboxylic acids is 1. The molecule has 2 rings (SSSR count). The Labute approximate surface area is 129 Å². The molecule has 0 aromatic carbocycles. The molecule has 1 aromatic heterocycles. The Morgan fingerprint density at radius 1 is 1.36 bits per heavy atom. The summed E-state index contributed by atoms with van der Waals surface area (Å²) in [5.41, 5.74) is 0. The maximum absolute atomic E-state index is 12.1. The summed E-state index contributed by atoms with van der Waals surface area (Å²) in [5, 5.41) is 12.9. The van der Waals surface area contributed by atoms with Gasteiger partial charge in [0, 0.05) is 24.8 Å². The molecule has 1 heterocycles. The van der Waals surface area contributed by atoms with Crippen molar-refractivity contribution in [3.63, 3.8) is 0 Å². The summed E-state index contributed by atoms with van der Waals surface area (Å²) in [4.78, 5) is 28.6. The van der Waals surface area contributed by atoms with Gasteiger partial charge in [-0.3, -0.25) is 9.59 Å². The van der Waals surface area contributed by atoms with Crippen LogP contribution in [0, 0.1) is 0 Å². The zero-order chi connectivity index (χ0) is 16.1. The van der Waals surface area contributed by atoms with Crippen molar-refractivity contribution in [3.05, 3.63) is 11.7 Å². The van der Waals surface area contributed by atoms with Gasteiger partial charge < -0.3 is 14.5 Å². The van der Waals surface area contributed by atoms with E-state index in [-0.39, 0.29) is 24.9 Å². The summed E-state index contributed by atoms with van der Waals surface area (Å²) >= 11 is 0. The van der Waals surface area contributed by atoms with Gasteiger partial charge in [0.15, 0.2) is 5.82 Å². The van der Waals surface area contributed by atoms with Gasteiger partial charge in [0.1, 0.15) is 6.54 Å². The van der Waals surface area contributed by atoms with Crippen molar-refractivity contribution in [2.45, 2.75) is 64.3 Å². The lowest BCUT2D eigenvalue weighted by Crippen LogP contribution is -2.40. The second-order valence-corrected chi connectivity index (χ2v) is 6.04. The third kappa shape index (κ3) is 4.29. The molecule has 22 heavy (non-hydrogen) atoms. The first-order valence-electron chi connectivity index (χ1n) is 7.81. The van der Waals surface area contributed by atoms with Crippen LogP contribution in [0.5, 0.6) is 0 Å². The highest BCUT2D eigenvalue weighted by molar-refractivity contribution is 5.81. The highest BCUT2D eigenvalue weighted by Gasteiger charge is 2.23. The largest absolute Gasteiger partial charge is 0.480 e. The summed E-state index contributed by atoms with van der Waals surface area (Å²) in [7, 11) is 0. The van der Waals surface area contributed by atoms with Crippen molar-refractivity contribution in [1.29, 1.82) is 0 Å². The molecule has 0 radical (unpaired) electrons. The van der Waals surface area contributed by atoms with Crippen LogP contribution in [0.4, 0.5) is 0 Å². The summed E-state index contributed by atoms with van der Waals surface area (Å²) in [5.74, 6) is 0.356. The van der Waals surface area contributed by atoms with E-state index in [2.05, 4.69) is 10.1 Å². The van der Waals surface area contributed by atoms with Gasteiger partial charge in [0.25, 0.3) is 0 Å². The maximum atomic E-state index is 12.1. The molecule has 1 amide bonds. The van der Waals surface area contributed by atoms with Crippen molar-refractivity contribution in [2.24, 2.45) is 0 Å². The number of nitrogens with zero attached hydrogens (tertiary/aromatic N) is 3. The average Bonchev–Trinajstić information content (AvgIpc) is 3.11. The smallest absolute Gasteiger partial charge is 0.323 e. The van der Waals surface area contributed by atoms with Gasteiger partial charge in [-0.05, 0) is 26.7 Å². The van der Waals surface area contributed by atoms with Gasteiger partial charge in [-0.25, -0.2) is 0 Å². The maximum Gasteiger partial charge on any atom is 0.323 e. The van der Waals surface area contributed by atoms with E-state index < -0.39 is 5.97 Å². The minimum absolute atomic E-state index is 0.152. The average molecular weight is 309 g/mol. The fraction of sp³-hybridized carbons (Fsp3) is 0.733. The van der Waals surface area contributed by atoms with Crippen LogP contribution in [0.15, 0.2) is 4.52 Å². The van der Waals surface area contributed by atoms with Gasteiger partial charge in [-0.15, -0.1) is 0 Å². The van der Waals surface area contributed by atoms with Gasteiger partial charge in [-0.2, -0.15) is 4.98 Å². The summed E-state index contributed by atoms with van der Waals surface area (Å²) in [6.45, 7) is 3.31. The Morgan fingerprint density at radius 3 is 2.64 bits per heavy atom. The normalized spacial score (nSPS) is 15.4. The second kappa shape index (κ2) is 7.38. The van der Waals surface area contributed by atoms with Crippen LogP contribution in [-0.4, -0.2) is 44.6 Å². The van der Waals surface area contributed by atoms with Gasteiger partial charge >= 0.3 is 5.97 Å². The van der Waals surface area contributed by atoms with E-state index in [0.29, 0.717) is 18.2 Å². The molecular formula is C15H23N3O4. The molecule has 1 aliphatic carbocycles. The van der Waals surface area contributed by atoms with E-state index in [1.165, 1.54) is 17.7 Å². The van der Waals surface area contributed by atoms with Crippen LogP contribution in [0.1, 0.15) is 63.6 Å². The van der Waals surface area contributed by atoms with Crippen LogP contribution in [0.3, 0.4) is 0 Å². The van der Waals surface area contributed by atoms with E-state index >= 15 is 0 Å². The summed E-state index contributed by atoms with van der Waals surface area (Å²) in [6, 6.07) is -0.152. The van der Waals surface area contributed by atoms with Crippen LogP contribution in [-0.2, 0) is 16.0 Å². The van der Waals surface area contributed by atoms with Crippen molar-refractivity contribution in [3.8, 4) is 0 Å². The molecule has 0 unspecified atom stereocenters. The first kappa shape index (κ1) is 16.5. The molecule has 0 aliphatic heterocycles. The van der Waals surface area contributed by atoms with Crippen LogP contribution in [0.2, 0.25) is 0 Å². The second-order valence-electron chi connectivity index (χ2n) is 6.04. The molecule has 122 valence electrons. The quantitative estimate of drug-likeness (QED) is 0.827. The zero-order valence-electron chi connectivity index (χ0n) is 13.1. The van der Waals surface area contributed by atoms with Crippen LogP contribution in [0.25, 0.3) is 0 Å². The molecule has 0 spiro atoms. The number of aromatic nitrogens is 2. The Bertz CT molecular complexity index is 521. The van der Waals surface area contributed by atoms with E-state index in [4.69, 9.17) is 9.63 Å². The fourth-order valence-corrected chi connectivity index (χ4v) is 2.78. The Hall–Kier alpha value is -1.92. The number of rotatable bonds is 7. The minimum Gasteiger partial charge on any atom is -0.480 e. The highest BCUT2D eigenvalue weighted by Crippen LogP contribution is 2.32. The molecule has 0 atom stereocenters. The highest BCUT2D eigenvalue weighted by atomic mass is 16.5. The number of carboxylic acids is 1. The third-order valence-electron chi connectivity index (χ3n) is 4.01. The summed E-state index contributed by atoms with van der Waals surface area (Å²) in [6.07, 6.45) is 5.12. The SMILES string of the molecule is CC(C)N(CC(=O)O)C(=O)CCc1nc(C2CCCC2)no1. The predicted molar refractivity (Wildman–Crippen MR) is 78.3 cm³/mol. The monoisotopic (exact) mass is 309 g/mol. The number of aliphatic carboxylic acids is 1. The summed E-state index contributed by atoms with van der Waals surface area (Å²) < 4.78 is 5.20. The number of aryl methyl sites for hydroxylation is 1. The van der Waals surface area contributed by atoms with E-state index in [1.807, 2.05) is 0 Å². The third-order valence-corrected chi connectivity index (χ3v) is 4.01. The molecular weight excluding hydrogens is 286 g/mol. The van der Waals surface area contributed by atoms with Crippen molar-refractivity contribution in [1.82, 2.24) is 15.0 Å². The molecule has 1 aromatic rings. The molecule has 7 heteroatoms. The molecule has 1 N–H and O–H groups in total. The predicted octanol–water partition coefficient (Wildman–Crippen LogP) is 1.98. The van der Waals surface area contributed by atoms with Gasteiger partial charge in [0.05, 0.1) is 0 Å². The number of carbonyl (C=O) groups is 2. The fourth-order valence-electron chi connectivity index (χ4n) is 2.78. The lowest BCUT2D eigenvalue weighted by Gasteiger charge is -2.24. The number of amides is 1. The first-order valence-corrected chi connectivity index (χ1v) is 7.81. The Balaban J connectivity index is 1.88. The van der Waals surface area contributed by atoms with Gasteiger partial charge in [-0.1, -0.05) is 18.0 Å². The van der Waals surface area contributed by atoms with Gasteiger partial charge in [0.2, 0.25) is 11.8 Å². The van der Waals surface area contributed by atoms with Crippen molar-refractivity contribution in [2.75, 3.05) is 6.54 Å². The number of hydrogen-bond donors (Lipinski definition) is 1. The lowest BCUT2D eigenvalue weighted by atomic mass is 10.1. The Kier molecular flexibility index (Phi) is 5.51.